The molecule has 1 saturated heterocycles. The quantitative estimate of drug-likeness (QED) is 0.869. The highest BCUT2D eigenvalue weighted by Gasteiger charge is 2.31. The minimum absolute atomic E-state index is 0.0360. The van der Waals surface area contributed by atoms with Crippen molar-refractivity contribution in [3.05, 3.63) is 35.6 Å². The van der Waals surface area contributed by atoms with Gasteiger partial charge in [-0.1, -0.05) is 25.1 Å². The first kappa shape index (κ1) is 12.5. The highest BCUT2D eigenvalue weighted by atomic mass is 19.1. The molecule has 0 aromatic heterocycles. The lowest BCUT2D eigenvalue weighted by atomic mass is 9.98. The Morgan fingerprint density at radius 3 is 2.76 bits per heavy atom. The Balaban J connectivity index is 2.20. The second kappa shape index (κ2) is 5.61. The molecule has 1 aromatic carbocycles. The Kier molecular flexibility index (Phi) is 4.13. The number of benzene rings is 1. The molecule has 0 amide bonds. The number of nitrogens with one attached hydrogen (secondary N) is 1. The van der Waals surface area contributed by atoms with Crippen molar-refractivity contribution in [2.45, 2.75) is 44.9 Å². The predicted molar refractivity (Wildman–Crippen MR) is 66.4 cm³/mol. The number of hydrogen-bond acceptors (Lipinski definition) is 2. The molecule has 0 bridgehead atoms. The molecule has 3 heteroatoms. The van der Waals surface area contributed by atoms with Crippen LogP contribution in [-0.2, 0) is 4.74 Å². The van der Waals surface area contributed by atoms with Crippen molar-refractivity contribution in [2.75, 3.05) is 6.54 Å². The zero-order chi connectivity index (χ0) is 12.3. The number of rotatable bonds is 4. The Bertz CT molecular complexity index is 369. The summed E-state index contributed by atoms with van der Waals surface area (Å²) in [5.74, 6) is -0.151. The topological polar surface area (TPSA) is 21.3 Å². The predicted octanol–water partition coefficient (Wildman–Crippen LogP) is 3.04. The SMILES string of the molecule is CCNC(c1ccccc1F)C1CCC(C)O1. The molecule has 3 atom stereocenters. The molecule has 0 aliphatic carbocycles. The second-order valence-corrected chi connectivity index (χ2v) is 4.62. The van der Waals surface area contributed by atoms with Crippen LogP contribution in [0.25, 0.3) is 0 Å². The third-order valence-corrected chi connectivity index (χ3v) is 3.30. The average molecular weight is 237 g/mol. The van der Waals surface area contributed by atoms with E-state index in [9.17, 15) is 4.39 Å². The lowest BCUT2D eigenvalue weighted by molar-refractivity contribution is 0.0312. The summed E-state index contributed by atoms with van der Waals surface area (Å²) in [7, 11) is 0. The summed E-state index contributed by atoms with van der Waals surface area (Å²) < 4.78 is 19.7. The molecule has 94 valence electrons. The normalized spacial score (nSPS) is 26.1. The van der Waals surface area contributed by atoms with E-state index in [4.69, 9.17) is 4.74 Å². The van der Waals surface area contributed by atoms with Gasteiger partial charge < -0.3 is 10.1 Å². The van der Waals surface area contributed by atoms with Gasteiger partial charge in [-0.2, -0.15) is 0 Å². The number of hydrogen-bond donors (Lipinski definition) is 1. The first-order chi connectivity index (χ1) is 8.22. The van der Waals surface area contributed by atoms with Gasteiger partial charge >= 0.3 is 0 Å². The number of ether oxygens (including phenoxy) is 1. The largest absolute Gasteiger partial charge is 0.373 e. The van der Waals surface area contributed by atoms with E-state index in [1.807, 2.05) is 19.1 Å². The zero-order valence-corrected chi connectivity index (χ0v) is 10.4. The van der Waals surface area contributed by atoms with Crippen LogP contribution in [0, 0.1) is 5.82 Å². The third-order valence-electron chi connectivity index (χ3n) is 3.30. The molecule has 1 aromatic rings. The molecular formula is C14H20FNO. The summed E-state index contributed by atoms with van der Waals surface area (Å²) in [4.78, 5) is 0. The van der Waals surface area contributed by atoms with Crippen LogP contribution < -0.4 is 5.32 Å². The molecule has 0 radical (unpaired) electrons. The fourth-order valence-electron chi connectivity index (χ4n) is 2.47. The molecule has 17 heavy (non-hydrogen) atoms. The summed E-state index contributed by atoms with van der Waals surface area (Å²) >= 11 is 0. The summed E-state index contributed by atoms with van der Waals surface area (Å²) in [6.07, 6.45) is 2.42. The van der Waals surface area contributed by atoms with Crippen molar-refractivity contribution in [1.82, 2.24) is 5.32 Å². The van der Waals surface area contributed by atoms with Crippen LogP contribution in [0.15, 0.2) is 24.3 Å². The first-order valence-electron chi connectivity index (χ1n) is 6.35. The maximum absolute atomic E-state index is 13.8. The van der Waals surface area contributed by atoms with Gasteiger partial charge in [0.15, 0.2) is 0 Å². The summed E-state index contributed by atoms with van der Waals surface area (Å²) in [5, 5.41) is 3.34. The van der Waals surface area contributed by atoms with E-state index in [0.717, 1.165) is 19.4 Å². The molecule has 1 heterocycles. The van der Waals surface area contributed by atoms with Gasteiger partial charge in [-0.05, 0) is 32.4 Å². The van der Waals surface area contributed by atoms with Crippen molar-refractivity contribution in [1.29, 1.82) is 0 Å². The van der Waals surface area contributed by atoms with E-state index >= 15 is 0 Å². The van der Waals surface area contributed by atoms with Gasteiger partial charge in [-0.3, -0.25) is 0 Å². The van der Waals surface area contributed by atoms with Crippen LogP contribution in [0.2, 0.25) is 0 Å². The van der Waals surface area contributed by atoms with Crippen LogP contribution >= 0.6 is 0 Å². The van der Waals surface area contributed by atoms with E-state index in [2.05, 4.69) is 12.2 Å². The van der Waals surface area contributed by atoms with Crippen LogP contribution in [-0.4, -0.2) is 18.8 Å². The van der Waals surface area contributed by atoms with E-state index in [1.54, 1.807) is 6.07 Å². The molecule has 2 nitrogen and oxygen atoms in total. The van der Waals surface area contributed by atoms with Gasteiger partial charge in [0.2, 0.25) is 0 Å². The third kappa shape index (κ3) is 2.85. The fraction of sp³-hybridized carbons (Fsp3) is 0.571. The fourth-order valence-corrected chi connectivity index (χ4v) is 2.47. The van der Waals surface area contributed by atoms with Gasteiger partial charge in [-0.15, -0.1) is 0 Å². The second-order valence-electron chi connectivity index (χ2n) is 4.62. The highest BCUT2D eigenvalue weighted by Crippen LogP contribution is 2.31. The van der Waals surface area contributed by atoms with Gasteiger partial charge in [-0.25, -0.2) is 4.39 Å². The first-order valence-corrected chi connectivity index (χ1v) is 6.35. The van der Waals surface area contributed by atoms with Crippen molar-refractivity contribution in [2.24, 2.45) is 0 Å². The maximum atomic E-state index is 13.8. The van der Waals surface area contributed by atoms with Crippen LogP contribution in [0.1, 0.15) is 38.3 Å². The minimum atomic E-state index is -0.151. The molecule has 1 fully saturated rings. The van der Waals surface area contributed by atoms with Gasteiger partial charge in [0.1, 0.15) is 5.82 Å². The molecule has 1 aliphatic heterocycles. The van der Waals surface area contributed by atoms with Crippen molar-refractivity contribution >= 4 is 0 Å². The summed E-state index contributed by atoms with van der Waals surface area (Å²) in [6, 6.07) is 6.92. The van der Waals surface area contributed by atoms with Gasteiger partial charge in [0, 0.05) is 5.56 Å². The standard InChI is InChI=1S/C14H20FNO/c1-3-16-14(13-9-8-10(2)17-13)11-6-4-5-7-12(11)15/h4-7,10,13-14,16H,3,8-9H2,1-2H3. The van der Waals surface area contributed by atoms with Crippen molar-refractivity contribution < 1.29 is 9.13 Å². The molecular weight excluding hydrogens is 217 g/mol. The highest BCUT2D eigenvalue weighted by molar-refractivity contribution is 5.22. The lowest BCUT2D eigenvalue weighted by Gasteiger charge is -2.25. The van der Waals surface area contributed by atoms with E-state index in [0.29, 0.717) is 5.56 Å². The Hall–Kier alpha value is -0.930. The van der Waals surface area contributed by atoms with Crippen LogP contribution in [0.3, 0.4) is 0 Å². The van der Waals surface area contributed by atoms with E-state index in [-0.39, 0.29) is 24.1 Å². The van der Waals surface area contributed by atoms with Gasteiger partial charge in [0.25, 0.3) is 0 Å². The van der Waals surface area contributed by atoms with Gasteiger partial charge in [0.05, 0.1) is 18.2 Å². The monoisotopic (exact) mass is 237 g/mol. The van der Waals surface area contributed by atoms with E-state index < -0.39 is 0 Å². The average Bonchev–Trinajstić information content (AvgIpc) is 2.74. The molecule has 1 N–H and O–H groups in total. The summed E-state index contributed by atoms with van der Waals surface area (Å²) in [6.45, 7) is 4.92. The summed E-state index contributed by atoms with van der Waals surface area (Å²) in [5.41, 5.74) is 0.716. The van der Waals surface area contributed by atoms with E-state index in [1.165, 1.54) is 6.07 Å². The molecule has 0 spiro atoms. The Morgan fingerprint density at radius 1 is 1.41 bits per heavy atom. The smallest absolute Gasteiger partial charge is 0.128 e. The molecule has 0 saturated carbocycles. The number of likely N-dealkylation sites (N-methyl/N-ethyl adjacent to an activating group) is 1. The number of halogens is 1. The van der Waals surface area contributed by atoms with Crippen molar-refractivity contribution in [3.8, 4) is 0 Å². The van der Waals surface area contributed by atoms with Crippen LogP contribution in [0.5, 0.6) is 0 Å². The van der Waals surface area contributed by atoms with Crippen LogP contribution in [0.4, 0.5) is 4.39 Å². The lowest BCUT2D eigenvalue weighted by Crippen LogP contribution is -2.32. The Morgan fingerprint density at radius 2 is 2.18 bits per heavy atom. The molecule has 2 rings (SSSR count). The minimum Gasteiger partial charge on any atom is -0.373 e. The van der Waals surface area contributed by atoms with Crippen molar-refractivity contribution in [3.63, 3.8) is 0 Å². The molecule has 1 aliphatic rings. The maximum Gasteiger partial charge on any atom is 0.128 e. The zero-order valence-electron chi connectivity index (χ0n) is 10.4. The molecule has 3 unspecified atom stereocenters. The Labute approximate surface area is 102 Å².